The van der Waals surface area contributed by atoms with Crippen LogP contribution in [-0.2, 0) is 9.84 Å². The molecular weight excluding hydrogens is 260 g/mol. The van der Waals surface area contributed by atoms with Crippen molar-refractivity contribution in [3.05, 3.63) is 0 Å². The van der Waals surface area contributed by atoms with E-state index >= 15 is 0 Å². The van der Waals surface area contributed by atoms with Crippen molar-refractivity contribution in [1.29, 1.82) is 0 Å². The van der Waals surface area contributed by atoms with Crippen LogP contribution in [0.1, 0.15) is 46.0 Å². The summed E-state index contributed by atoms with van der Waals surface area (Å²) < 4.78 is 23.5. The zero-order valence-corrected chi connectivity index (χ0v) is 13.5. The summed E-state index contributed by atoms with van der Waals surface area (Å²) >= 11 is 0. The van der Waals surface area contributed by atoms with Crippen LogP contribution in [-0.4, -0.2) is 50.5 Å². The van der Waals surface area contributed by atoms with E-state index in [-0.39, 0.29) is 5.25 Å². The fourth-order valence-electron chi connectivity index (χ4n) is 3.03. The van der Waals surface area contributed by atoms with Gasteiger partial charge in [-0.1, -0.05) is 20.3 Å². The van der Waals surface area contributed by atoms with Gasteiger partial charge in [-0.2, -0.15) is 0 Å². The van der Waals surface area contributed by atoms with Crippen molar-refractivity contribution in [2.24, 2.45) is 11.7 Å². The van der Waals surface area contributed by atoms with Crippen molar-refractivity contribution >= 4 is 9.84 Å². The zero-order chi connectivity index (χ0) is 14.5. The highest BCUT2D eigenvalue weighted by Gasteiger charge is 2.31. The molecule has 0 aromatic rings. The first kappa shape index (κ1) is 16.9. The summed E-state index contributed by atoms with van der Waals surface area (Å²) in [6.45, 7) is 7.17. The second kappa shape index (κ2) is 7.60. The van der Waals surface area contributed by atoms with Crippen LogP contribution in [0.2, 0.25) is 0 Å². The van der Waals surface area contributed by atoms with E-state index in [1.165, 1.54) is 6.26 Å². The number of sulfone groups is 1. The molecule has 4 nitrogen and oxygen atoms in total. The van der Waals surface area contributed by atoms with Gasteiger partial charge >= 0.3 is 0 Å². The zero-order valence-electron chi connectivity index (χ0n) is 12.6. The SMILES string of the molecule is CC(C)CN(CCCN)C1CCCC(S(C)(=O)=O)C1. The van der Waals surface area contributed by atoms with Crippen molar-refractivity contribution < 1.29 is 8.42 Å². The summed E-state index contributed by atoms with van der Waals surface area (Å²) in [7, 11) is -2.89. The van der Waals surface area contributed by atoms with Gasteiger partial charge < -0.3 is 10.6 Å². The number of hydrogen-bond acceptors (Lipinski definition) is 4. The average molecular weight is 290 g/mol. The quantitative estimate of drug-likeness (QED) is 0.774. The average Bonchev–Trinajstić information content (AvgIpc) is 2.33. The molecule has 0 amide bonds. The standard InChI is InChI=1S/C14H30N2O2S/c1-12(2)11-16(9-5-8-15)13-6-4-7-14(10-13)19(3,17)18/h12-14H,4-11,15H2,1-3H3. The highest BCUT2D eigenvalue weighted by atomic mass is 32.2. The van der Waals surface area contributed by atoms with Crippen LogP contribution in [0, 0.1) is 5.92 Å². The van der Waals surface area contributed by atoms with Gasteiger partial charge in [0, 0.05) is 18.8 Å². The van der Waals surface area contributed by atoms with Gasteiger partial charge in [-0.3, -0.25) is 0 Å². The van der Waals surface area contributed by atoms with E-state index in [9.17, 15) is 8.42 Å². The van der Waals surface area contributed by atoms with Crippen LogP contribution in [0.3, 0.4) is 0 Å². The molecule has 0 aromatic carbocycles. The fraction of sp³-hybridized carbons (Fsp3) is 1.00. The first-order chi connectivity index (χ1) is 8.84. The summed E-state index contributed by atoms with van der Waals surface area (Å²) in [5, 5.41) is -0.140. The normalized spacial score (nSPS) is 25.2. The highest BCUT2D eigenvalue weighted by molar-refractivity contribution is 7.91. The van der Waals surface area contributed by atoms with Crippen LogP contribution in [0.5, 0.6) is 0 Å². The molecule has 2 unspecified atom stereocenters. The summed E-state index contributed by atoms with van der Waals surface area (Å²) in [4.78, 5) is 2.47. The summed E-state index contributed by atoms with van der Waals surface area (Å²) in [5.74, 6) is 0.608. The predicted octanol–water partition coefficient (Wildman–Crippen LogP) is 1.65. The lowest BCUT2D eigenvalue weighted by molar-refractivity contribution is 0.140. The van der Waals surface area contributed by atoms with Gasteiger partial charge in [0.25, 0.3) is 0 Å². The largest absolute Gasteiger partial charge is 0.330 e. The lowest BCUT2D eigenvalue weighted by Gasteiger charge is -2.38. The minimum atomic E-state index is -2.89. The molecule has 0 bridgehead atoms. The Kier molecular flexibility index (Phi) is 6.77. The number of nitrogens with two attached hydrogens (primary N) is 1. The van der Waals surface area contributed by atoms with E-state index in [0.29, 0.717) is 18.5 Å². The Balaban J connectivity index is 2.66. The lowest BCUT2D eigenvalue weighted by Crippen LogP contribution is -2.44. The van der Waals surface area contributed by atoms with Gasteiger partial charge in [0.2, 0.25) is 0 Å². The van der Waals surface area contributed by atoms with Gasteiger partial charge in [-0.15, -0.1) is 0 Å². The molecule has 5 heteroatoms. The Morgan fingerprint density at radius 3 is 2.53 bits per heavy atom. The van der Waals surface area contributed by atoms with Gasteiger partial charge in [0.15, 0.2) is 0 Å². The number of hydrogen-bond donors (Lipinski definition) is 1. The van der Waals surface area contributed by atoms with E-state index in [4.69, 9.17) is 5.73 Å². The Morgan fingerprint density at radius 2 is 2.00 bits per heavy atom. The minimum Gasteiger partial charge on any atom is -0.330 e. The summed E-state index contributed by atoms with van der Waals surface area (Å²) in [6, 6.07) is 0.419. The molecule has 1 aliphatic rings. The molecule has 0 heterocycles. The van der Waals surface area contributed by atoms with Crippen molar-refractivity contribution in [2.75, 3.05) is 25.9 Å². The monoisotopic (exact) mass is 290 g/mol. The highest BCUT2D eigenvalue weighted by Crippen LogP contribution is 2.28. The molecule has 2 atom stereocenters. The number of rotatable bonds is 7. The first-order valence-electron chi connectivity index (χ1n) is 7.47. The summed E-state index contributed by atoms with van der Waals surface area (Å²) in [5.41, 5.74) is 5.61. The Labute approximate surface area is 118 Å². The molecule has 0 spiro atoms. The van der Waals surface area contributed by atoms with Gasteiger partial charge in [0.1, 0.15) is 9.84 Å². The minimum absolute atomic E-state index is 0.140. The van der Waals surface area contributed by atoms with Gasteiger partial charge in [0.05, 0.1) is 5.25 Å². The summed E-state index contributed by atoms with van der Waals surface area (Å²) in [6.07, 6.45) is 6.17. The third kappa shape index (κ3) is 5.79. The second-order valence-corrected chi connectivity index (χ2v) is 8.63. The third-order valence-corrected chi connectivity index (χ3v) is 5.61. The molecule has 1 aliphatic carbocycles. The Hall–Kier alpha value is -0.130. The Bertz CT molecular complexity index is 354. The molecule has 0 aromatic heterocycles. The molecule has 1 rings (SSSR count). The maximum absolute atomic E-state index is 11.8. The molecule has 0 aliphatic heterocycles. The van der Waals surface area contributed by atoms with Crippen LogP contribution in [0.4, 0.5) is 0 Å². The molecular formula is C14H30N2O2S. The van der Waals surface area contributed by atoms with Crippen LogP contribution in [0.25, 0.3) is 0 Å². The van der Waals surface area contributed by atoms with E-state index in [1.807, 2.05) is 0 Å². The van der Waals surface area contributed by atoms with Crippen molar-refractivity contribution in [3.63, 3.8) is 0 Å². The third-order valence-electron chi connectivity index (χ3n) is 3.97. The van der Waals surface area contributed by atoms with E-state index in [0.717, 1.165) is 45.2 Å². The molecule has 19 heavy (non-hydrogen) atoms. The topological polar surface area (TPSA) is 63.4 Å². The molecule has 1 saturated carbocycles. The van der Waals surface area contributed by atoms with Gasteiger partial charge in [-0.05, 0) is 44.7 Å². The van der Waals surface area contributed by atoms with E-state index in [1.54, 1.807) is 0 Å². The van der Waals surface area contributed by atoms with Gasteiger partial charge in [-0.25, -0.2) is 8.42 Å². The molecule has 2 N–H and O–H groups in total. The second-order valence-electron chi connectivity index (χ2n) is 6.30. The number of nitrogens with zero attached hydrogens (tertiary/aromatic N) is 1. The molecule has 0 radical (unpaired) electrons. The van der Waals surface area contributed by atoms with E-state index in [2.05, 4.69) is 18.7 Å². The molecule has 0 saturated heterocycles. The maximum Gasteiger partial charge on any atom is 0.150 e. The van der Waals surface area contributed by atoms with Crippen LogP contribution >= 0.6 is 0 Å². The van der Waals surface area contributed by atoms with Crippen LogP contribution in [0.15, 0.2) is 0 Å². The van der Waals surface area contributed by atoms with Crippen LogP contribution < -0.4 is 5.73 Å². The molecule has 1 fully saturated rings. The van der Waals surface area contributed by atoms with Crippen molar-refractivity contribution in [3.8, 4) is 0 Å². The van der Waals surface area contributed by atoms with Crippen molar-refractivity contribution in [1.82, 2.24) is 4.90 Å². The first-order valence-corrected chi connectivity index (χ1v) is 9.43. The smallest absolute Gasteiger partial charge is 0.150 e. The van der Waals surface area contributed by atoms with E-state index < -0.39 is 9.84 Å². The molecule has 114 valence electrons. The maximum atomic E-state index is 11.8. The lowest BCUT2D eigenvalue weighted by atomic mass is 9.93. The Morgan fingerprint density at radius 1 is 1.32 bits per heavy atom. The predicted molar refractivity (Wildman–Crippen MR) is 81.0 cm³/mol. The fourth-order valence-corrected chi connectivity index (χ4v) is 4.19. The van der Waals surface area contributed by atoms with Crippen molar-refractivity contribution in [2.45, 2.75) is 57.2 Å².